The van der Waals surface area contributed by atoms with Gasteiger partial charge in [-0.15, -0.1) is 0 Å². The van der Waals surface area contributed by atoms with Crippen LogP contribution in [0, 0.1) is 11.9 Å². The third-order valence-corrected chi connectivity index (χ3v) is 5.18. The first kappa shape index (κ1) is 17.9. The molecule has 0 aliphatic rings. The molecule has 127 valence electrons. The van der Waals surface area contributed by atoms with Gasteiger partial charge in [0.1, 0.15) is 5.82 Å². The van der Waals surface area contributed by atoms with Crippen molar-refractivity contribution in [2.24, 2.45) is 0 Å². The third kappa shape index (κ3) is 3.91. The third-order valence-electron chi connectivity index (χ3n) is 3.45. The lowest BCUT2D eigenvalue weighted by atomic mass is 10.1. The van der Waals surface area contributed by atoms with Crippen LogP contribution in [0.5, 0.6) is 0 Å². The summed E-state index contributed by atoms with van der Waals surface area (Å²) in [7, 11) is -2.41. The number of rotatable bonds is 6. The highest BCUT2D eigenvalue weighted by Gasteiger charge is 2.22. The van der Waals surface area contributed by atoms with E-state index >= 15 is 0 Å². The van der Waals surface area contributed by atoms with Crippen molar-refractivity contribution in [1.29, 1.82) is 0 Å². The van der Waals surface area contributed by atoms with Crippen LogP contribution in [0.2, 0.25) is 0 Å². The minimum absolute atomic E-state index is 0.0647. The zero-order valence-electron chi connectivity index (χ0n) is 13.3. The molecule has 1 radical (unpaired) electrons. The number of hydrogen-bond acceptors (Lipinski definition) is 4. The predicted octanol–water partition coefficient (Wildman–Crippen LogP) is 2.77. The monoisotopic (exact) mass is 350 g/mol. The van der Waals surface area contributed by atoms with E-state index in [1.807, 2.05) is 0 Å². The molecule has 0 saturated carbocycles. The lowest BCUT2D eigenvalue weighted by Gasteiger charge is -2.24. The smallest absolute Gasteiger partial charge is 0.337 e. The number of esters is 1. The van der Waals surface area contributed by atoms with Crippen molar-refractivity contribution in [1.82, 2.24) is 0 Å². The number of sulfonamides is 1. The van der Waals surface area contributed by atoms with Gasteiger partial charge in [-0.05, 0) is 25.1 Å². The van der Waals surface area contributed by atoms with Crippen molar-refractivity contribution in [2.45, 2.75) is 13.5 Å². The Kier molecular flexibility index (Phi) is 5.56. The van der Waals surface area contributed by atoms with Gasteiger partial charge >= 0.3 is 5.97 Å². The van der Waals surface area contributed by atoms with E-state index in [0.717, 1.165) is 10.4 Å². The molecule has 0 amide bonds. The molecule has 0 aromatic heterocycles. The fourth-order valence-corrected chi connectivity index (χ4v) is 3.16. The maximum Gasteiger partial charge on any atom is 0.337 e. The number of carbonyl (C=O) groups excluding carboxylic acids is 1. The normalized spacial score (nSPS) is 11.1. The summed E-state index contributed by atoms with van der Waals surface area (Å²) in [4.78, 5) is 11.4. The molecule has 0 bridgehead atoms. The van der Waals surface area contributed by atoms with Crippen LogP contribution in [0.3, 0.4) is 0 Å². The number of benzene rings is 2. The van der Waals surface area contributed by atoms with E-state index in [9.17, 15) is 17.6 Å². The molecule has 0 N–H and O–H groups in total. The fourth-order valence-electron chi connectivity index (χ4n) is 2.10. The van der Waals surface area contributed by atoms with Crippen molar-refractivity contribution in [3.8, 4) is 0 Å². The minimum Gasteiger partial charge on any atom is -0.465 e. The molecule has 5 nitrogen and oxygen atoms in total. The van der Waals surface area contributed by atoms with Gasteiger partial charge in [-0.25, -0.2) is 17.6 Å². The summed E-state index contributed by atoms with van der Waals surface area (Å²) in [5.74, 6) is -1.46. The van der Waals surface area contributed by atoms with Crippen LogP contribution in [0.15, 0.2) is 42.5 Å². The quantitative estimate of drug-likeness (QED) is 0.752. The Morgan fingerprint density at radius 2 is 2.04 bits per heavy atom. The van der Waals surface area contributed by atoms with E-state index in [2.05, 4.69) is 10.8 Å². The molecule has 0 aliphatic heterocycles. The van der Waals surface area contributed by atoms with Crippen LogP contribution in [0.1, 0.15) is 22.8 Å². The van der Waals surface area contributed by atoms with Gasteiger partial charge in [0.2, 0.25) is 10.0 Å². The molecule has 0 fully saturated rings. The SMILES string of the molecule is CCS(=O)(=O)N(Cc1ccc(C(=O)OC)cc1F)c1[c]cccc1. The number of methoxy groups -OCH3 is 1. The summed E-state index contributed by atoms with van der Waals surface area (Å²) in [6, 6.07) is 13.2. The van der Waals surface area contributed by atoms with Crippen LogP contribution < -0.4 is 4.31 Å². The number of para-hydroxylation sites is 1. The van der Waals surface area contributed by atoms with Crippen LogP contribution in [-0.2, 0) is 21.3 Å². The van der Waals surface area contributed by atoms with Gasteiger partial charge in [0.25, 0.3) is 0 Å². The zero-order valence-corrected chi connectivity index (χ0v) is 14.1. The van der Waals surface area contributed by atoms with E-state index in [1.54, 1.807) is 24.3 Å². The first-order valence-electron chi connectivity index (χ1n) is 7.23. The van der Waals surface area contributed by atoms with Crippen molar-refractivity contribution in [3.05, 3.63) is 65.5 Å². The van der Waals surface area contributed by atoms with Crippen molar-refractivity contribution >= 4 is 21.7 Å². The molecule has 7 heteroatoms. The van der Waals surface area contributed by atoms with Crippen LogP contribution in [0.4, 0.5) is 10.1 Å². The summed E-state index contributed by atoms with van der Waals surface area (Å²) >= 11 is 0. The van der Waals surface area contributed by atoms with E-state index in [4.69, 9.17) is 0 Å². The minimum atomic E-state index is -3.62. The first-order chi connectivity index (χ1) is 11.4. The van der Waals surface area contributed by atoms with Gasteiger partial charge in [-0.3, -0.25) is 4.31 Å². The number of anilines is 1. The number of hydrogen-bond donors (Lipinski definition) is 0. The maximum atomic E-state index is 14.3. The molecular weight excluding hydrogens is 333 g/mol. The van der Waals surface area contributed by atoms with E-state index in [1.165, 1.54) is 26.2 Å². The molecule has 2 aromatic carbocycles. The molecule has 0 heterocycles. The molecule has 0 spiro atoms. The van der Waals surface area contributed by atoms with E-state index in [-0.39, 0.29) is 23.4 Å². The Hall–Kier alpha value is -2.41. The van der Waals surface area contributed by atoms with Gasteiger partial charge in [0, 0.05) is 11.6 Å². The number of nitrogens with zero attached hydrogens (tertiary/aromatic N) is 1. The number of carbonyl (C=O) groups is 1. The molecule has 24 heavy (non-hydrogen) atoms. The molecule has 0 saturated heterocycles. The molecule has 0 aliphatic carbocycles. The van der Waals surface area contributed by atoms with Gasteiger partial charge in [0.05, 0.1) is 30.7 Å². The molecule has 2 rings (SSSR count). The van der Waals surface area contributed by atoms with E-state index < -0.39 is 21.8 Å². The van der Waals surface area contributed by atoms with Crippen molar-refractivity contribution < 1.29 is 22.3 Å². The molecule has 2 aromatic rings. The lowest BCUT2D eigenvalue weighted by molar-refractivity contribution is 0.0600. The fraction of sp³-hybridized carbons (Fsp3) is 0.235. The van der Waals surface area contributed by atoms with Gasteiger partial charge in [-0.2, -0.15) is 0 Å². The first-order valence-corrected chi connectivity index (χ1v) is 8.84. The van der Waals surface area contributed by atoms with Gasteiger partial charge in [-0.1, -0.05) is 24.3 Å². The Bertz CT molecular complexity index is 822. The Morgan fingerprint density at radius 1 is 1.29 bits per heavy atom. The predicted molar refractivity (Wildman–Crippen MR) is 88.7 cm³/mol. The van der Waals surface area contributed by atoms with Crippen LogP contribution >= 0.6 is 0 Å². The maximum absolute atomic E-state index is 14.3. The van der Waals surface area contributed by atoms with Crippen LogP contribution in [-0.4, -0.2) is 27.2 Å². The van der Waals surface area contributed by atoms with Crippen molar-refractivity contribution in [2.75, 3.05) is 17.2 Å². The summed E-state index contributed by atoms with van der Waals surface area (Å²) in [5.41, 5.74) is 0.544. The second kappa shape index (κ2) is 7.44. The average Bonchev–Trinajstić information content (AvgIpc) is 2.60. The standard InChI is InChI=1S/C17H17FNO4S/c1-3-24(21,22)19(15-7-5-4-6-8-15)12-14-10-9-13(11-16(14)18)17(20)23-2/h4-7,9-11H,3,12H2,1-2H3. The average molecular weight is 350 g/mol. The van der Waals surface area contributed by atoms with Gasteiger partial charge < -0.3 is 4.74 Å². The summed E-state index contributed by atoms with van der Waals surface area (Å²) in [6.07, 6.45) is 0. The highest BCUT2D eigenvalue weighted by atomic mass is 32.2. The zero-order chi connectivity index (χ0) is 17.7. The Balaban J connectivity index is 2.39. The lowest BCUT2D eigenvalue weighted by Crippen LogP contribution is -2.32. The largest absolute Gasteiger partial charge is 0.465 e. The summed E-state index contributed by atoms with van der Waals surface area (Å²) < 4.78 is 44.6. The number of halogens is 1. The second-order valence-corrected chi connectivity index (χ2v) is 7.13. The summed E-state index contributed by atoms with van der Waals surface area (Å²) in [5, 5.41) is 0. The highest BCUT2D eigenvalue weighted by Crippen LogP contribution is 2.22. The molecule has 0 atom stereocenters. The second-order valence-electron chi connectivity index (χ2n) is 4.95. The van der Waals surface area contributed by atoms with Crippen molar-refractivity contribution in [3.63, 3.8) is 0 Å². The molecular formula is C17H17FNO4S. The molecule has 0 unspecified atom stereocenters. The number of ether oxygens (including phenoxy) is 1. The Labute approximate surface area is 140 Å². The Morgan fingerprint density at radius 3 is 2.58 bits per heavy atom. The van der Waals surface area contributed by atoms with Crippen LogP contribution in [0.25, 0.3) is 0 Å². The van der Waals surface area contributed by atoms with Gasteiger partial charge in [0.15, 0.2) is 0 Å². The topological polar surface area (TPSA) is 63.7 Å². The van der Waals surface area contributed by atoms with E-state index in [0.29, 0.717) is 5.69 Å². The highest BCUT2D eigenvalue weighted by molar-refractivity contribution is 7.92. The summed E-state index contributed by atoms with van der Waals surface area (Å²) in [6.45, 7) is 1.33.